The van der Waals surface area contributed by atoms with Crippen molar-refractivity contribution in [1.82, 2.24) is 0 Å². The Balaban J connectivity index is 1.94. The van der Waals surface area contributed by atoms with Gasteiger partial charge in [0.05, 0.1) is 18.2 Å². The van der Waals surface area contributed by atoms with E-state index in [4.69, 9.17) is 0 Å². The van der Waals surface area contributed by atoms with Crippen LogP contribution in [0, 0.1) is 11.8 Å². The second-order valence-corrected chi connectivity index (χ2v) is 5.63. The van der Waals surface area contributed by atoms with E-state index in [2.05, 4.69) is 40.8 Å². The Labute approximate surface area is 145 Å². The van der Waals surface area contributed by atoms with Crippen LogP contribution in [0.1, 0.15) is 43.7 Å². The highest BCUT2D eigenvalue weighted by Crippen LogP contribution is 2.18. The van der Waals surface area contributed by atoms with Gasteiger partial charge in [0.1, 0.15) is 0 Å². The van der Waals surface area contributed by atoms with Gasteiger partial charge in [-0.25, -0.2) is 4.99 Å². The maximum Gasteiger partial charge on any atom is 0.0952 e. The summed E-state index contributed by atoms with van der Waals surface area (Å²) in [7, 11) is 0. The molecule has 2 nitrogen and oxygen atoms in total. The lowest BCUT2D eigenvalue weighted by molar-refractivity contribution is 0.737. The quantitative estimate of drug-likeness (QED) is 0.349. The molecule has 2 aromatic carbocycles. The third-order valence-electron chi connectivity index (χ3n) is 3.65. The molecule has 122 valence electrons. The minimum absolute atomic E-state index is 0.601. The van der Waals surface area contributed by atoms with Crippen LogP contribution in [0.2, 0.25) is 0 Å². The Kier molecular flexibility index (Phi) is 8.13. The Morgan fingerprint density at radius 2 is 1.67 bits per heavy atom. The largest absolute Gasteiger partial charge is 0.221 e. The Bertz CT molecular complexity index is 729. The number of unbranched alkanes of at least 4 members (excludes halogenated alkanes) is 3. The van der Waals surface area contributed by atoms with E-state index < -0.39 is 0 Å². The van der Waals surface area contributed by atoms with Gasteiger partial charge in [-0.15, -0.1) is 5.92 Å². The molecule has 0 heterocycles. The normalized spacial score (nSPS) is 9.54. The molecule has 0 aliphatic rings. The van der Waals surface area contributed by atoms with E-state index in [9.17, 15) is 0 Å². The van der Waals surface area contributed by atoms with Crippen LogP contribution in [0.4, 0.5) is 5.69 Å². The van der Waals surface area contributed by atoms with Crippen LogP contribution in [0.25, 0.3) is 0 Å². The van der Waals surface area contributed by atoms with Crippen molar-refractivity contribution in [3.8, 4) is 11.8 Å². The van der Waals surface area contributed by atoms with Gasteiger partial charge in [-0.05, 0) is 23.6 Å². The molecule has 0 aromatic heterocycles. The average molecular weight is 316 g/mol. The zero-order valence-corrected chi connectivity index (χ0v) is 14.3. The van der Waals surface area contributed by atoms with E-state index in [-0.39, 0.29) is 0 Å². The zero-order valence-electron chi connectivity index (χ0n) is 14.3. The Hall–Kier alpha value is -2.62. The summed E-state index contributed by atoms with van der Waals surface area (Å²) >= 11 is 0. The molecule has 0 fully saturated rings. The topological polar surface area (TPSA) is 24.7 Å². The first kappa shape index (κ1) is 17.7. The van der Waals surface area contributed by atoms with Crippen molar-refractivity contribution in [2.75, 3.05) is 0 Å². The predicted molar refractivity (Wildman–Crippen MR) is 102 cm³/mol. The lowest BCUT2D eigenvalue weighted by atomic mass is 10.1. The third kappa shape index (κ3) is 6.65. The third-order valence-corrected chi connectivity index (χ3v) is 3.65. The molecular formula is C22H24N2. The molecule has 0 aliphatic heterocycles. The number of benzene rings is 2. The Morgan fingerprint density at radius 1 is 0.875 bits per heavy atom. The summed E-state index contributed by atoms with van der Waals surface area (Å²) in [5.74, 6) is 6.50. The second kappa shape index (κ2) is 11.0. The van der Waals surface area contributed by atoms with Crippen LogP contribution in [0.5, 0.6) is 0 Å². The summed E-state index contributed by atoms with van der Waals surface area (Å²) in [6.07, 6.45) is 5.40. The van der Waals surface area contributed by atoms with E-state index >= 15 is 0 Å². The molecule has 0 amide bonds. The molecule has 2 rings (SSSR count). The van der Waals surface area contributed by atoms with Crippen molar-refractivity contribution >= 4 is 11.7 Å². The van der Waals surface area contributed by atoms with Crippen LogP contribution in [0.15, 0.2) is 64.6 Å². The van der Waals surface area contributed by atoms with Crippen LogP contribution in [-0.2, 0) is 13.0 Å². The monoisotopic (exact) mass is 316 g/mol. The van der Waals surface area contributed by atoms with Crippen molar-refractivity contribution < 1.29 is 0 Å². The van der Waals surface area contributed by atoms with Crippen molar-refractivity contribution in [3.05, 3.63) is 65.7 Å². The molecule has 0 saturated heterocycles. The van der Waals surface area contributed by atoms with E-state index in [1.807, 2.05) is 48.5 Å². The van der Waals surface area contributed by atoms with E-state index in [0.29, 0.717) is 6.54 Å². The molecule has 0 saturated carbocycles. The number of aliphatic imine (C=N–C) groups is 2. The van der Waals surface area contributed by atoms with Gasteiger partial charge in [0.2, 0.25) is 0 Å². The highest BCUT2D eigenvalue weighted by atomic mass is 14.8. The number of para-hydroxylation sites is 1. The highest BCUT2D eigenvalue weighted by Gasteiger charge is 1.97. The van der Waals surface area contributed by atoms with Crippen molar-refractivity contribution in [3.63, 3.8) is 0 Å². The minimum atomic E-state index is 0.601. The van der Waals surface area contributed by atoms with Crippen LogP contribution in [0.3, 0.4) is 0 Å². The van der Waals surface area contributed by atoms with Gasteiger partial charge in [0.25, 0.3) is 0 Å². The average Bonchev–Trinajstić information content (AvgIpc) is 2.63. The summed E-state index contributed by atoms with van der Waals surface area (Å²) < 4.78 is 0. The fourth-order valence-electron chi connectivity index (χ4n) is 2.28. The van der Waals surface area contributed by atoms with Crippen LogP contribution in [-0.4, -0.2) is 6.01 Å². The smallest absolute Gasteiger partial charge is 0.0952 e. The highest BCUT2D eigenvalue weighted by molar-refractivity contribution is 5.56. The summed E-state index contributed by atoms with van der Waals surface area (Å²) in [6, 6.07) is 21.0. The van der Waals surface area contributed by atoms with Gasteiger partial charge in [-0.2, -0.15) is 4.99 Å². The fourth-order valence-corrected chi connectivity index (χ4v) is 2.28. The minimum Gasteiger partial charge on any atom is -0.221 e. The number of hydrogen-bond donors (Lipinski definition) is 0. The molecule has 0 radical (unpaired) electrons. The molecule has 0 aliphatic carbocycles. The van der Waals surface area contributed by atoms with Crippen molar-refractivity contribution in [2.24, 2.45) is 9.98 Å². The summed E-state index contributed by atoms with van der Waals surface area (Å²) in [5.41, 5.74) is 3.19. The predicted octanol–water partition coefficient (Wildman–Crippen LogP) is 5.82. The summed E-state index contributed by atoms with van der Waals surface area (Å²) in [6.45, 7) is 2.81. The lowest BCUT2D eigenvalue weighted by Crippen LogP contribution is -1.83. The molecule has 0 unspecified atom stereocenters. The van der Waals surface area contributed by atoms with Crippen LogP contribution >= 0.6 is 0 Å². The first-order valence-electron chi connectivity index (χ1n) is 8.60. The molecular weight excluding hydrogens is 292 g/mol. The molecule has 0 N–H and O–H groups in total. The summed E-state index contributed by atoms with van der Waals surface area (Å²) in [5, 5.41) is 0. The standard InChI is InChI=1S/C22H24N2/c1-2-3-4-5-6-10-15-21-16-11-12-17-22(21)24-19-23-18-20-13-8-7-9-14-20/h7-9,11-14,16-17H,2-5,15,18H2,1H3. The van der Waals surface area contributed by atoms with Crippen LogP contribution < -0.4 is 0 Å². The Morgan fingerprint density at radius 3 is 2.50 bits per heavy atom. The zero-order chi connectivity index (χ0) is 16.9. The van der Waals surface area contributed by atoms with Gasteiger partial charge in [-0.3, -0.25) is 0 Å². The number of hydrogen-bond acceptors (Lipinski definition) is 2. The van der Waals surface area contributed by atoms with E-state index in [1.54, 1.807) is 0 Å². The van der Waals surface area contributed by atoms with Crippen molar-refractivity contribution in [2.45, 2.75) is 45.6 Å². The van der Waals surface area contributed by atoms with E-state index in [1.165, 1.54) is 19.3 Å². The molecule has 0 bridgehead atoms. The first-order chi connectivity index (χ1) is 11.9. The molecule has 2 heteroatoms. The van der Waals surface area contributed by atoms with Crippen molar-refractivity contribution in [1.29, 1.82) is 0 Å². The second-order valence-electron chi connectivity index (χ2n) is 5.63. The maximum atomic E-state index is 4.37. The SMILES string of the molecule is CCCCCC#CCc1ccccc1N=C=NCc1ccccc1. The molecule has 0 atom stereocenters. The summed E-state index contributed by atoms with van der Waals surface area (Å²) in [4.78, 5) is 8.62. The number of rotatable bonds is 7. The van der Waals surface area contributed by atoms with E-state index in [0.717, 1.165) is 29.7 Å². The van der Waals surface area contributed by atoms with Gasteiger partial charge in [0.15, 0.2) is 0 Å². The van der Waals surface area contributed by atoms with Gasteiger partial charge in [-0.1, -0.05) is 74.2 Å². The number of nitrogens with zero attached hydrogens (tertiary/aromatic N) is 2. The van der Waals surface area contributed by atoms with Gasteiger partial charge >= 0.3 is 0 Å². The molecule has 24 heavy (non-hydrogen) atoms. The molecule has 2 aromatic rings. The molecule has 0 spiro atoms. The van der Waals surface area contributed by atoms with Gasteiger partial charge in [0, 0.05) is 12.8 Å². The van der Waals surface area contributed by atoms with Gasteiger partial charge < -0.3 is 0 Å². The first-order valence-corrected chi connectivity index (χ1v) is 8.60. The fraction of sp³-hybridized carbons (Fsp3) is 0.318. The maximum absolute atomic E-state index is 4.37. The lowest BCUT2D eigenvalue weighted by Gasteiger charge is -1.99.